The zero-order valence-corrected chi connectivity index (χ0v) is 10.7. The molecule has 2 rings (SSSR count). The first-order chi connectivity index (χ1) is 8.84. The van der Waals surface area contributed by atoms with Gasteiger partial charge in [-0.25, -0.2) is 0 Å². The fourth-order valence-electron chi connectivity index (χ4n) is 1.88. The van der Waals surface area contributed by atoms with Gasteiger partial charge in [0.05, 0.1) is 0 Å². The highest BCUT2D eigenvalue weighted by molar-refractivity contribution is 5.14. The Balaban J connectivity index is 1.62. The minimum absolute atomic E-state index is 0.728. The molecule has 1 aromatic heterocycles. The van der Waals surface area contributed by atoms with E-state index in [0.29, 0.717) is 0 Å². The predicted octanol–water partition coefficient (Wildman–Crippen LogP) is 2.18. The first-order valence-electron chi connectivity index (χ1n) is 6.32. The third-order valence-corrected chi connectivity index (χ3v) is 2.96. The fraction of sp³-hybridized carbons (Fsp3) is 0.429. The summed E-state index contributed by atoms with van der Waals surface area (Å²) in [4.78, 5) is 2.34. The molecule has 1 aromatic carbocycles. The van der Waals surface area contributed by atoms with E-state index >= 15 is 0 Å². The van der Waals surface area contributed by atoms with E-state index < -0.39 is 0 Å². The van der Waals surface area contributed by atoms with Crippen LogP contribution in [0.3, 0.4) is 0 Å². The second-order valence-corrected chi connectivity index (χ2v) is 4.47. The molecule has 4 nitrogen and oxygen atoms in total. The van der Waals surface area contributed by atoms with Gasteiger partial charge in [-0.1, -0.05) is 30.3 Å². The minimum Gasteiger partial charge on any atom is -0.428 e. The van der Waals surface area contributed by atoms with Crippen LogP contribution in [-0.2, 0) is 12.8 Å². The number of aryl methyl sites for hydroxylation is 1. The van der Waals surface area contributed by atoms with Crippen molar-refractivity contribution in [1.29, 1.82) is 0 Å². The third-order valence-electron chi connectivity index (χ3n) is 2.96. The fourth-order valence-corrected chi connectivity index (χ4v) is 1.88. The molecule has 2 aromatic rings. The molecule has 0 unspecified atom stereocenters. The van der Waals surface area contributed by atoms with Gasteiger partial charge in [0.15, 0.2) is 0 Å². The largest absolute Gasteiger partial charge is 0.428 e. The van der Waals surface area contributed by atoms with Crippen LogP contribution in [-0.4, -0.2) is 35.2 Å². The molecule has 0 N–H and O–H groups in total. The molecule has 4 heteroatoms. The van der Waals surface area contributed by atoms with Crippen molar-refractivity contribution in [2.24, 2.45) is 0 Å². The van der Waals surface area contributed by atoms with Crippen molar-refractivity contribution in [3.63, 3.8) is 0 Å². The van der Waals surface area contributed by atoms with Gasteiger partial charge in [0, 0.05) is 13.0 Å². The van der Waals surface area contributed by atoms with Gasteiger partial charge in [0.25, 0.3) is 0 Å². The predicted molar refractivity (Wildman–Crippen MR) is 70.3 cm³/mol. The Morgan fingerprint density at radius 1 is 1.11 bits per heavy atom. The molecule has 0 aliphatic rings. The number of nitrogens with zero attached hydrogens (tertiary/aromatic N) is 3. The molecule has 0 bridgehead atoms. The summed E-state index contributed by atoms with van der Waals surface area (Å²) in [6, 6.07) is 10.6. The second kappa shape index (κ2) is 6.91. The van der Waals surface area contributed by atoms with Gasteiger partial charge >= 0.3 is 0 Å². The maximum absolute atomic E-state index is 5.10. The molecular weight excluding hydrogens is 226 g/mol. The normalized spacial score (nSPS) is 11.0. The molecule has 0 aliphatic carbocycles. The van der Waals surface area contributed by atoms with E-state index in [1.54, 1.807) is 0 Å². The maximum atomic E-state index is 5.10. The Kier molecular flexibility index (Phi) is 4.90. The zero-order valence-electron chi connectivity index (χ0n) is 10.7. The molecule has 0 atom stereocenters. The van der Waals surface area contributed by atoms with Crippen LogP contribution in [0.5, 0.6) is 0 Å². The summed E-state index contributed by atoms with van der Waals surface area (Å²) < 4.78 is 5.10. The molecule has 0 saturated carbocycles. The Morgan fingerprint density at radius 3 is 2.67 bits per heavy atom. The minimum atomic E-state index is 0.728. The van der Waals surface area contributed by atoms with Crippen LogP contribution in [0.25, 0.3) is 0 Å². The lowest BCUT2D eigenvalue weighted by molar-refractivity contribution is 0.327. The number of hydrogen-bond donors (Lipinski definition) is 0. The Labute approximate surface area is 108 Å². The van der Waals surface area contributed by atoms with E-state index in [4.69, 9.17) is 4.42 Å². The van der Waals surface area contributed by atoms with Crippen LogP contribution in [0, 0.1) is 0 Å². The summed E-state index contributed by atoms with van der Waals surface area (Å²) >= 11 is 0. The Bertz CT molecular complexity index is 428. The van der Waals surface area contributed by atoms with Crippen molar-refractivity contribution in [1.82, 2.24) is 15.1 Å². The zero-order chi connectivity index (χ0) is 12.6. The first kappa shape index (κ1) is 12.8. The highest BCUT2D eigenvalue weighted by atomic mass is 16.4. The molecule has 18 heavy (non-hydrogen) atoms. The lowest BCUT2D eigenvalue weighted by atomic mass is 10.1. The Morgan fingerprint density at radius 2 is 1.94 bits per heavy atom. The lowest BCUT2D eigenvalue weighted by Gasteiger charge is -2.15. The van der Waals surface area contributed by atoms with Gasteiger partial charge in [-0.2, -0.15) is 0 Å². The van der Waals surface area contributed by atoms with Crippen LogP contribution in [0.15, 0.2) is 41.1 Å². The Hall–Kier alpha value is -1.68. The number of benzene rings is 1. The van der Waals surface area contributed by atoms with Crippen LogP contribution in [0.4, 0.5) is 0 Å². The monoisotopic (exact) mass is 245 g/mol. The molecule has 0 spiro atoms. The van der Waals surface area contributed by atoms with Crippen LogP contribution in [0.2, 0.25) is 0 Å². The smallest absolute Gasteiger partial charge is 0.216 e. The highest BCUT2D eigenvalue weighted by Gasteiger charge is 2.02. The number of hydrogen-bond acceptors (Lipinski definition) is 4. The molecular formula is C14H19N3O. The van der Waals surface area contributed by atoms with E-state index in [1.165, 1.54) is 12.0 Å². The molecule has 0 fully saturated rings. The summed E-state index contributed by atoms with van der Waals surface area (Å²) in [6.07, 6.45) is 4.38. The van der Waals surface area contributed by atoms with Crippen LogP contribution in [0.1, 0.15) is 17.9 Å². The van der Waals surface area contributed by atoms with Crippen molar-refractivity contribution in [3.8, 4) is 0 Å². The number of aromatic nitrogens is 2. The standard InChI is InChI=1S/C14H19N3O/c1-17(10-5-8-14-16-15-12-18-14)11-9-13-6-3-2-4-7-13/h2-4,6-7,12H,5,8-11H2,1H3. The summed E-state index contributed by atoms with van der Waals surface area (Å²) in [5.74, 6) is 0.728. The van der Waals surface area contributed by atoms with Gasteiger partial charge in [0.2, 0.25) is 12.3 Å². The quantitative estimate of drug-likeness (QED) is 0.749. The van der Waals surface area contributed by atoms with E-state index in [2.05, 4.69) is 52.5 Å². The van der Waals surface area contributed by atoms with Gasteiger partial charge in [-0.15, -0.1) is 10.2 Å². The van der Waals surface area contributed by atoms with Gasteiger partial charge in [0.1, 0.15) is 0 Å². The number of likely N-dealkylation sites (N-methyl/N-ethyl adjacent to an activating group) is 1. The van der Waals surface area contributed by atoms with Crippen molar-refractivity contribution in [3.05, 3.63) is 48.2 Å². The van der Waals surface area contributed by atoms with Crippen LogP contribution < -0.4 is 0 Å². The van der Waals surface area contributed by atoms with E-state index in [1.807, 2.05) is 0 Å². The average Bonchev–Trinajstić information content (AvgIpc) is 2.91. The molecule has 1 heterocycles. The van der Waals surface area contributed by atoms with Gasteiger partial charge in [-0.05, 0) is 32.0 Å². The molecule has 0 saturated heterocycles. The average molecular weight is 245 g/mol. The van der Waals surface area contributed by atoms with Crippen molar-refractivity contribution in [2.75, 3.05) is 20.1 Å². The summed E-state index contributed by atoms with van der Waals surface area (Å²) in [5.41, 5.74) is 1.39. The SMILES string of the molecule is CN(CCCc1nnco1)CCc1ccccc1. The van der Waals surface area contributed by atoms with E-state index in [-0.39, 0.29) is 0 Å². The third kappa shape index (κ3) is 4.30. The first-order valence-corrected chi connectivity index (χ1v) is 6.32. The van der Waals surface area contributed by atoms with Crippen LogP contribution >= 0.6 is 0 Å². The van der Waals surface area contributed by atoms with E-state index in [0.717, 1.165) is 38.2 Å². The molecule has 0 amide bonds. The van der Waals surface area contributed by atoms with E-state index in [9.17, 15) is 0 Å². The van der Waals surface area contributed by atoms with Gasteiger partial charge in [-0.3, -0.25) is 0 Å². The topological polar surface area (TPSA) is 42.2 Å². The van der Waals surface area contributed by atoms with Crippen molar-refractivity contribution < 1.29 is 4.42 Å². The highest BCUT2D eigenvalue weighted by Crippen LogP contribution is 2.02. The van der Waals surface area contributed by atoms with Gasteiger partial charge < -0.3 is 9.32 Å². The summed E-state index contributed by atoms with van der Waals surface area (Å²) in [6.45, 7) is 2.13. The van der Waals surface area contributed by atoms with Crippen molar-refractivity contribution >= 4 is 0 Å². The second-order valence-electron chi connectivity index (χ2n) is 4.47. The molecule has 96 valence electrons. The summed E-state index contributed by atoms with van der Waals surface area (Å²) in [7, 11) is 2.15. The van der Waals surface area contributed by atoms with Crippen molar-refractivity contribution in [2.45, 2.75) is 19.3 Å². The lowest BCUT2D eigenvalue weighted by Crippen LogP contribution is -2.22. The summed E-state index contributed by atoms with van der Waals surface area (Å²) in [5, 5.41) is 7.54. The number of rotatable bonds is 7. The molecule has 0 radical (unpaired) electrons. The maximum Gasteiger partial charge on any atom is 0.216 e. The molecule has 0 aliphatic heterocycles.